The number of carbonyl (C=O) groups excluding carboxylic acids is 1. The molecule has 0 spiro atoms. The lowest BCUT2D eigenvalue weighted by Gasteiger charge is -2.17. The highest BCUT2D eigenvalue weighted by molar-refractivity contribution is 5.94. The van der Waals surface area contributed by atoms with Gasteiger partial charge in [0.2, 0.25) is 0 Å². The summed E-state index contributed by atoms with van der Waals surface area (Å²) in [6.07, 6.45) is 3.68. The highest BCUT2D eigenvalue weighted by Crippen LogP contribution is 2.18. The van der Waals surface area contributed by atoms with Crippen molar-refractivity contribution < 1.29 is 13.9 Å². The van der Waals surface area contributed by atoms with E-state index in [0.29, 0.717) is 24.5 Å². The van der Waals surface area contributed by atoms with E-state index in [1.54, 1.807) is 59.2 Å². The van der Waals surface area contributed by atoms with Gasteiger partial charge in [0.15, 0.2) is 0 Å². The van der Waals surface area contributed by atoms with Gasteiger partial charge in [0.05, 0.1) is 11.9 Å². The zero-order valence-corrected chi connectivity index (χ0v) is 17.1. The molecule has 4 aromatic rings. The number of hydrogen-bond acceptors (Lipinski definition) is 3. The third-order valence-electron chi connectivity index (χ3n) is 4.82. The van der Waals surface area contributed by atoms with Crippen LogP contribution in [0.25, 0.3) is 5.69 Å². The summed E-state index contributed by atoms with van der Waals surface area (Å²) in [6.45, 7) is 0.735. The Hall–Kier alpha value is -3.93. The van der Waals surface area contributed by atoms with Gasteiger partial charge in [0, 0.05) is 30.9 Å². The van der Waals surface area contributed by atoms with Gasteiger partial charge in [-0.15, -0.1) is 0 Å². The van der Waals surface area contributed by atoms with Crippen molar-refractivity contribution in [3.8, 4) is 11.4 Å². The second kappa shape index (κ2) is 9.26. The molecule has 3 aromatic carbocycles. The fourth-order valence-corrected chi connectivity index (χ4v) is 3.20. The molecule has 0 atom stereocenters. The molecule has 1 amide bonds. The number of aromatic nitrogens is 2. The zero-order chi connectivity index (χ0) is 21.6. The van der Waals surface area contributed by atoms with E-state index < -0.39 is 0 Å². The first-order valence-corrected chi connectivity index (χ1v) is 9.90. The number of nitrogens with zero attached hydrogens (tertiary/aromatic N) is 3. The van der Waals surface area contributed by atoms with Crippen LogP contribution in [0.4, 0.5) is 4.39 Å². The minimum atomic E-state index is -0.284. The largest absolute Gasteiger partial charge is 0.489 e. The van der Waals surface area contributed by atoms with Gasteiger partial charge in [-0.2, -0.15) is 5.10 Å². The van der Waals surface area contributed by atoms with Gasteiger partial charge in [-0.25, -0.2) is 9.07 Å². The van der Waals surface area contributed by atoms with Gasteiger partial charge in [-0.05, 0) is 48.0 Å². The van der Waals surface area contributed by atoms with Gasteiger partial charge < -0.3 is 9.64 Å². The van der Waals surface area contributed by atoms with Crippen molar-refractivity contribution in [2.75, 3.05) is 7.05 Å². The molecular weight excluding hydrogens is 393 g/mol. The van der Waals surface area contributed by atoms with Gasteiger partial charge in [-0.3, -0.25) is 4.79 Å². The molecule has 156 valence electrons. The molecule has 0 aliphatic rings. The number of hydrogen-bond donors (Lipinski definition) is 0. The first-order chi connectivity index (χ1) is 15.1. The summed E-state index contributed by atoms with van der Waals surface area (Å²) in [5.74, 6) is 0.189. The van der Waals surface area contributed by atoms with Crippen molar-refractivity contribution in [1.82, 2.24) is 14.7 Å². The maximum atomic E-state index is 13.0. The molecule has 0 bridgehead atoms. The zero-order valence-electron chi connectivity index (χ0n) is 17.1. The Morgan fingerprint density at radius 1 is 1.00 bits per heavy atom. The SMILES string of the molecule is CN(Cc1cnn(-c2ccccc2)c1)C(=O)c1cccc(OCc2ccc(F)cc2)c1. The van der Waals surface area contributed by atoms with Crippen molar-refractivity contribution >= 4 is 5.91 Å². The summed E-state index contributed by atoms with van der Waals surface area (Å²) >= 11 is 0. The van der Waals surface area contributed by atoms with Crippen molar-refractivity contribution in [2.24, 2.45) is 0 Å². The van der Waals surface area contributed by atoms with Crippen LogP contribution in [0.5, 0.6) is 5.75 Å². The van der Waals surface area contributed by atoms with E-state index >= 15 is 0 Å². The molecule has 0 aliphatic carbocycles. The van der Waals surface area contributed by atoms with E-state index in [2.05, 4.69) is 5.10 Å². The number of rotatable bonds is 7. The van der Waals surface area contributed by atoms with Crippen LogP contribution in [0.2, 0.25) is 0 Å². The fraction of sp³-hybridized carbons (Fsp3) is 0.120. The minimum Gasteiger partial charge on any atom is -0.489 e. The van der Waals surface area contributed by atoms with Crippen molar-refractivity contribution in [3.63, 3.8) is 0 Å². The van der Waals surface area contributed by atoms with E-state index in [0.717, 1.165) is 16.8 Å². The van der Waals surface area contributed by atoms with Crippen molar-refractivity contribution in [1.29, 1.82) is 0 Å². The first-order valence-electron chi connectivity index (χ1n) is 9.90. The number of carbonyl (C=O) groups is 1. The van der Waals surface area contributed by atoms with E-state index in [-0.39, 0.29) is 11.7 Å². The smallest absolute Gasteiger partial charge is 0.254 e. The molecule has 6 heteroatoms. The van der Waals surface area contributed by atoms with Crippen LogP contribution in [0.3, 0.4) is 0 Å². The summed E-state index contributed by atoms with van der Waals surface area (Å²) in [5.41, 5.74) is 3.29. The average molecular weight is 415 g/mol. The molecule has 0 saturated heterocycles. The Bertz CT molecular complexity index is 1160. The molecule has 0 aliphatic heterocycles. The molecule has 1 aromatic heterocycles. The molecule has 1 heterocycles. The Morgan fingerprint density at radius 3 is 2.55 bits per heavy atom. The lowest BCUT2D eigenvalue weighted by atomic mass is 10.2. The van der Waals surface area contributed by atoms with Gasteiger partial charge >= 0.3 is 0 Å². The first kappa shape index (κ1) is 20.3. The second-order valence-corrected chi connectivity index (χ2v) is 7.23. The normalized spacial score (nSPS) is 10.6. The lowest BCUT2D eigenvalue weighted by molar-refractivity contribution is 0.0784. The van der Waals surface area contributed by atoms with Crippen LogP contribution in [-0.2, 0) is 13.2 Å². The molecule has 5 nitrogen and oxygen atoms in total. The maximum absolute atomic E-state index is 13.0. The summed E-state index contributed by atoms with van der Waals surface area (Å²) in [6, 6.07) is 23.0. The van der Waals surface area contributed by atoms with E-state index in [1.165, 1.54) is 12.1 Å². The molecule has 0 N–H and O–H groups in total. The topological polar surface area (TPSA) is 47.4 Å². The number of benzene rings is 3. The highest BCUT2D eigenvalue weighted by Gasteiger charge is 2.14. The Balaban J connectivity index is 1.39. The fourth-order valence-electron chi connectivity index (χ4n) is 3.20. The molecule has 0 fully saturated rings. The van der Waals surface area contributed by atoms with Crippen molar-refractivity contribution in [3.05, 3.63) is 114 Å². The quantitative estimate of drug-likeness (QED) is 0.433. The van der Waals surface area contributed by atoms with E-state index in [4.69, 9.17) is 4.74 Å². The van der Waals surface area contributed by atoms with Crippen LogP contribution < -0.4 is 4.74 Å². The predicted octanol–water partition coefficient (Wildman–Crippen LogP) is 4.86. The third-order valence-corrected chi connectivity index (χ3v) is 4.82. The number of halogens is 1. The number of para-hydroxylation sites is 1. The average Bonchev–Trinajstić information content (AvgIpc) is 3.27. The molecule has 31 heavy (non-hydrogen) atoms. The maximum Gasteiger partial charge on any atom is 0.254 e. The van der Waals surface area contributed by atoms with Crippen LogP contribution in [0.15, 0.2) is 91.3 Å². The lowest BCUT2D eigenvalue weighted by Crippen LogP contribution is -2.26. The van der Waals surface area contributed by atoms with E-state index in [9.17, 15) is 9.18 Å². The molecule has 0 radical (unpaired) electrons. The van der Waals surface area contributed by atoms with Crippen molar-refractivity contribution in [2.45, 2.75) is 13.2 Å². The summed E-state index contributed by atoms with van der Waals surface area (Å²) in [7, 11) is 1.76. The van der Waals surface area contributed by atoms with E-state index in [1.807, 2.05) is 36.5 Å². The molecule has 0 saturated carbocycles. The van der Waals surface area contributed by atoms with Crippen LogP contribution in [-0.4, -0.2) is 27.6 Å². The molecule has 0 unspecified atom stereocenters. The second-order valence-electron chi connectivity index (χ2n) is 7.23. The molecule has 4 rings (SSSR count). The van der Waals surface area contributed by atoms with Gasteiger partial charge in [-0.1, -0.05) is 36.4 Å². The summed E-state index contributed by atoms with van der Waals surface area (Å²) < 4.78 is 20.6. The predicted molar refractivity (Wildman–Crippen MR) is 117 cm³/mol. The third kappa shape index (κ3) is 5.17. The van der Waals surface area contributed by atoms with Gasteiger partial charge in [0.1, 0.15) is 18.2 Å². The standard InChI is InChI=1S/C25H22FN3O2/c1-28(16-20-15-27-29(17-20)23-7-3-2-4-8-23)25(30)21-6-5-9-24(14-21)31-18-19-10-12-22(26)13-11-19/h2-15,17H,16,18H2,1H3. The number of amides is 1. The Morgan fingerprint density at radius 2 is 1.77 bits per heavy atom. The Labute approximate surface area is 180 Å². The summed E-state index contributed by atoms with van der Waals surface area (Å²) in [5, 5.41) is 4.38. The Kier molecular flexibility index (Phi) is 6.08. The summed E-state index contributed by atoms with van der Waals surface area (Å²) in [4.78, 5) is 14.5. The molecular formula is C25H22FN3O2. The van der Waals surface area contributed by atoms with Crippen LogP contribution in [0.1, 0.15) is 21.5 Å². The monoisotopic (exact) mass is 415 g/mol. The minimum absolute atomic E-state index is 0.111. The highest BCUT2D eigenvalue weighted by atomic mass is 19.1. The van der Waals surface area contributed by atoms with Gasteiger partial charge in [0.25, 0.3) is 5.91 Å². The van der Waals surface area contributed by atoms with Crippen LogP contribution in [0, 0.1) is 5.82 Å². The van der Waals surface area contributed by atoms with Crippen LogP contribution >= 0.6 is 0 Å². The number of ether oxygens (including phenoxy) is 1.